The van der Waals surface area contributed by atoms with Crippen molar-refractivity contribution < 1.29 is 0 Å². The molecule has 0 fully saturated rings. The Labute approximate surface area is 244 Å². The Morgan fingerprint density at radius 2 is 0.690 bits per heavy atom. The molecular weight excluding hydrogens is 512 g/mol. The third kappa shape index (κ3) is 4.09. The molecule has 6 aromatic rings. The predicted octanol–water partition coefficient (Wildman–Crippen LogP) is 9.93. The molecule has 2 aromatic heterocycles. The maximum absolute atomic E-state index is 4.66. The summed E-state index contributed by atoms with van der Waals surface area (Å²) in [5.41, 5.74) is 15.0. The maximum atomic E-state index is 4.66. The molecule has 4 nitrogen and oxygen atoms in total. The molecule has 42 heavy (non-hydrogen) atoms. The molecule has 0 bridgehead atoms. The van der Waals surface area contributed by atoms with Crippen molar-refractivity contribution in [3.63, 3.8) is 0 Å². The van der Waals surface area contributed by atoms with Gasteiger partial charge in [0.15, 0.2) is 0 Å². The number of nitrogens with one attached hydrogen (secondary N) is 2. The molecule has 0 saturated carbocycles. The minimum Gasteiger partial charge on any atom is -0.353 e. The van der Waals surface area contributed by atoms with Gasteiger partial charge in [0.25, 0.3) is 0 Å². The summed E-state index contributed by atoms with van der Waals surface area (Å²) in [5.74, 6) is 0. The smallest absolute Gasteiger partial charge is 0.0723 e. The molecule has 0 saturated heterocycles. The van der Waals surface area contributed by atoms with Crippen molar-refractivity contribution in [1.29, 1.82) is 0 Å². The van der Waals surface area contributed by atoms with Crippen molar-refractivity contribution >= 4 is 47.1 Å². The van der Waals surface area contributed by atoms with E-state index in [-0.39, 0.29) is 0 Å². The molecule has 2 N–H and O–H groups in total. The molecule has 0 unspecified atom stereocenters. The lowest BCUT2D eigenvalue weighted by Crippen LogP contribution is -2.02. The molecule has 0 spiro atoms. The summed E-state index contributed by atoms with van der Waals surface area (Å²) in [5, 5.41) is 7.72. The summed E-state index contributed by atoms with van der Waals surface area (Å²) in [6.45, 7) is 0. The SMILES string of the molecule is C1=Cc2cccc(-c3cccc4c3Nc3c(cccc3-c3ccccn3)C=C4)c2Nc2c1cccc2-c1ccccn1. The van der Waals surface area contributed by atoms with Gasteiger partial charge in [-0.05, 0) is 46.5 Å². The number of fused-ring (bicyclic) bond motifs is 4. The van der Waals surface area contributed by atoms with Gasteiger partial charge < -0.3 is 10.6 Å². The Morgan fingerprint density at radius 1 is 0.333 bits per heavy atom. The number of hydrogen-bond acceptors (Lipinski definition) is 4. The predicted molar refractivity (Wildman–Crippen MR) is 176 cm³/mol. The minimum atomic E-state index is 0.940. The van der Waals surface area contributed by atoms with E-state index in [0.717, 1.165) is 78.6 Å². The van der Waals surface area contributed by atoms with E-state index in [1.807, 2.05) is 36.7 Å². The standard InChI is InChI=1S/C38H26N4/c1-3-23-39-33(17-1)31-15-7-11-27-21-19-25-9-5-13-29(35(25)41-37(27)31)30-14-6-10-26-20-22-28-12-8-16-32(38(28)42-36(26)30)34-18-2-4-24-40-34/h1-24,41-42H. The Bertz CT molecular complexity index is 1880. The molecule has 198 valence electrons. The fraction of sp³-hybridized carbons (Fsp3) is 0. The van der Waals surface area contributed by atoms with Crippen LogP contribution in [0.25, 0.3) is 57.9 Å². The van der Waals surface area contributed by atoms with Crippen LogP contribution in [0.4, 0.5) is 22.7 Å². The Kier molecular flexibility index (Phi) is 5.75. The number of hydrogen-bond donors (Lipinski definition) is 2. The fourth-order valence-corrected chi connectivity index (χ4v) is 5.92. The molecule has 0 aliphatic carbocycles. The van der Waals surface area contributed by atoms with E-state index < -0.39 is 0 Å². The van der Waals surface area contributed by atoms with Gasteiger partial charge in [0.2, 0.25) is 0 Å². The number of nitrogens with zero attached hydrogens (tertiary/aromatic N) is 2. The number of benzene rings is 4. The van der Waals surface area contributed by atoms with Crippen LogP contribution in [0.3, 0.4) is 0 Å². The molecule has 0 radical (unpaired) electrons. The van der Waals surface area contributed by atoms with E-state index in [4.69, 9.17) is 0 Å². The normalized spacial score (nSPS) is 12.5. The van der Waals surface area contributed by atoms with Crippen LogP contribution < -0.4 is 10.6 Å². The number of pyridine rings is 2. The first-order chi connectivity index (χ1) is 20.8. The van der Waals surface area contributed by atoms with Crippen LogP contribution >= 0.6 is 0 Å². The summed E-state index contributed by atoms with van der Waals surface area (Å²) in [6, 6.07) is 37.8. The van der Waals surface area contributed by atoms with E-state index in [9.17, 15) is 0 Å². The van der Waals surface area contributed by atoms with Crippen molar-refractivity contribution in [2.45, 2.75) is 0 Å². The minimum absolute atomic E-state index is 0.940. The third-order valence-electron chi connectivity index (χ3n) is 7.94. The lowest BCUT2D eigenvalue weighted by Gasteiger charge is -2.21. The summed E-state index contributed by atoms with van der Waals surface area (Å²) < 4.78 is 0. The molecule has 4 heteroatoms. The van der Waals surface area contributed by atoms with Crippen molar-refractivity contribution in [2.75, 3.05) is 10.6 Å². The van der Waals surface area contributed by atoms with Crippen LogP contribution in [-0.4, -0.2) is 9.97 Å². The Morgan fingerprint density at radius 3 is 1.05 bits per heavy atom. The summed E-state index contributed by atoms with van der Waals surface area (Å²) in [7, 11) is 0. The Hall–Kier alpha value is -5.74. The molecule has 2 aliphatic rings. The highest BCUT2D eigenvalue weighted by atomic mass is 14.9. The first kappa shape index (κ1) is 24.1. The second kappa shape index (κ2) is 10.0. The van der Waals surface area contributed by atoms with Crippen molar-refractivity contribution in [2.24, 2.45) is 0 Å². The van der Waals surface area contributed by atoms with Gasteiger partial charge in [-0.25, -0.2) is 0 Å². The summed E-state index contributed by atoms with van der Waals surface area (Å²) >= 11 is 0. The average Bonchev–Trinajstić information content (AvgIpc) is 3.37. The molecular formula is C38H26N4. The zero-order valence-corrected chi connectivity index (χ0v) is 22.8. The largest absolute Gasteiger partial charge is 0.353 e. The van der Waals surface area contributed by atoms with Crippen molar-refractivity contribution in [3.8, 4) is 33.6 Å². The topological polar surface area (TPSA) is 49.8 Å². The van der Waals surface area contributed by atoms with Crippen molar-refractivity contribution in [1.82, 2.24) is 9.97 Å². The van der Waals surface area contributed by atoms with E-state index >= 15 is 0 Å². The zero-order chi connectivity index (χ0) is 27.9. The number of anilines is 4. The molecule has 4 heterocycles. The van der Waals surface area contributed by atoms with Crippen LogP contribution in [0.2, 0.25) is 0 Å². The van der Waals surface area contributed by atoms with Crippen LogP contribution in [0.1, 0.15) is 22.3 Å². The van der Waals surface area contributed by atoms with Gasteiger partial charge in [-0.2, -0.15) is 0 Å². The average molecular weight is 539 g/mol. The molecule has 8 rings (SSSR count). The first-order valence-corrected chi connectivity index (χ1v) is 14.1. The van der Waals surface area contributed by atoms with E-state index in [2.05, 4.69) is 130 Å². The zero-order valence-electron chi connectivity index (χ0n) is 22.8. The van der Waals surface area contributed by atoms with Gasteiger partial charge in [-0.3, -0.25) is 9.97 Å². The fourth-order valence-electron chi connectivity index (χ4n) is 5.92. The number of rotatable bonds is 3. The molecule has 4 aromatic carbocycles. The van der Waals surface area contributed by atoms with E-state index in [1.54, 1.807) is 0 Å². The number of para-hydroxylation sites is 4. The van der Waals surface area contributed by atoms with Gasteiger partial charge in [0.05, 0.1) is 34.1 Å². The monoisotopic (exact) mass is 538 g/mol. The molecule has 0 amide bonds. The quantitative estimate of drug-likeness (QED) is 0.235. The van der Waals surface area contributed by atoms with Crippen LogP contribution in [0.15, 0.2) is 122 Å². The molecule has 2 aliphatic heterocycles. The summed E-state index contributed by atoms with van der Waals surface area (Å²) in [4.78, 5) is 9.32. The third-order valence-corrected chi connectivity index (χ3v) is 7.94. The van der Waals surface area contributed by atoms with Crippen molar-refractivity contribution in [3.05, 3.63) is 144 Å². The van der Waals surface area contributed by atoms with Gasteiger partial charge in [0, 0.05) is 34.6 Å². The van der Waals surface area contributed by atoms with Gasteiger partial charge in [0.1, 0.15) is 0 Å². The van der Waals surface area contributed by atoms with Crippen LogP contribution in [0, 0.1) is 0 Å². The molecule has 0 atom stereocenters. The first-order valence-electron chi connectivity index (χ1n) is 14.1. The highest BCUT2D eigenvalue weighted by Crippen LogP contribution is 2.46. The van der Waals surface area contributed by atoms with Crippen LogP contribution in [0.5, 0.6) is 0 Å². The van der Waals surface area contributed by atoms with Crippen LogP contribution in [-0.2, 0) is 0 Å². The Balaban J connectivity index is 1.29. The van der Waals surface area contributed by atoms with Gasteiger partial charge in [-0.15, -0.1) is 0 Å². The second-order valence-electron chi connectivity index (χ2n) is 10.4. The highest BCUT2D eigenvalue weighted by Gasteiger charge is 2.21. The van der Waals surface area contributed by atoms with Gasteiger partial charge >= 0.3 is 0 Å². The number of aromatic nitrogens is 2. The van der Waals surface area contributed by atoms with E-state index in [0.29, 0.717) is 0 Å². The van der Waals surface area contributed by atoms with E-state index in [1.165, 1.54) is 0 Å². The highest BCUT2D eigenvalue weighted by molar-refractivity contribution is 6.03. The van der Waals surface area contributed by atoms with Gasteiger partial charge in [-0.1, -0.05) is 109 Å². The lowest BCUT2D eigenvalue weighted by atomic mass is 9.95. The second-order valence-corrected chi connectivity index (χ2v) is 10.4. The lowest BCUT2D eigenvalue weighted by molar-refractivity contribution is 1.32. The maximum Gasteiger partial charge on any atom is 0.0723 e. The summed E-state index contributed by atoms with van der Waals surface area (Å²) in [6.07, 6.45) is 12.5.